The molecule has 44 heavy (non-hydrogen) atoms. The standard InChI is InChI=1S/C30H31ClFN7O5/c1-30(2,3)44-29(41)38-11-9-37(10-12-38)25-17-7-8-34-28(24(17)36-27(40)18(25)15-33)43-26-19-16-35-39(22-6-4-5-13-42-22)21(19)14-20(32)23(26)31/h7-8,14,16,22H,4-6,9-13H2,1-3H3,(H,36,40). The van der Waals surface area contributed by atoms with E-state index in [0.717, 1.165) is 19.3 Å². The fraction of sp³-hybridized carbons (Fsp3) is 0.433. The first kappa shape index (κ1) is 29.7. The zero-order chi connectivity index (χ0) is 31.2. The highest BCUT2D eigenvalue weighted by atomic mass is 35.5. The Morgan fingerprint density at radius 3 is 2.68 bits per heavy atom. The summed E-state index contributed by atoms with van der Waals surface area (Å²) in [6, 6.07) is 5.00. The van der Waals surface area contributed by atoms with Gasteiger partial charge in [-0.3, -0.25) is 0 Å². The van der Waals surface area contributed by atoms with E-state index in [1.54, 1.807) is 36.4 Å². The Bertz CT molecular complexity index is 1790. The number of halogens is 2. The van der Waals surface area contributed by atoms with Gasteiger partial charge in [-0.15, -0.1) is 0 Å². The minimum Gasteiger partial charge on any atom is -0.492 e. The number of rotatable bonds is 4. The van der Waals surface area contributed by atoms with Gasteiger partial charge in [0.1, 0.15) is 33.6 Å². The van der Waals surface area contributed by atoms with Crippen LogP contribution in [-0.2, 0) is 9.47 Å². The Hall–Kier alpha value is -4.41. The molecule has 12 nitrogen and oxygen atoms in total. The summed E-state index contributed by atoms with van der Waals surface area (Å²) in [7, 11) is 0. The van der Waals surface area contributed by atoms with Crippen LogP contribution in [0.5, 0.6) is 17.5 Å². The number of hydrogen-bond donors (Lipinski definition) is 1. The van der Waals surface area contributed by atoms with Gasteiger partial charge in [-0.25, -0.2) is 23.8 Å². The van der Waals surface area contributed by atoms with Crippen molar-refractivity contribution in [2.75, 3.05) is 37.7 Å². The Balaban J connectivity index is 1.37. The van der Waals surface area contributed by atoms with Crippen LogP contribution in [-0.4, -0.2) is 74.2 Å². The number of piperazine rings is 1. The van der Waals surface area contributed by atoms with Gasteiger partial charge in [-0.1, -0.05) is 11.6 Å². The smallest absolute Gasteiger partial charge is 0.410 e. The Kier molecular flexibility index (Phi) is 7.81. The zero-order valence-electron chi connectivity index (χ0n) is 24.5. The molecule has 0 aliphatic carbocycles. The van der Waals surface area contributed by atoms with E-state index >= 15 is 4.39 Å². The second-order valence-electron chi connectivity index (χ2n) is 11.7. The van der Waals surface area contributed by atoms with E-state index in [1.807, 2.05) is 11.0 Å². The monoisotopic (exact) mass is 623 g/mol. The van der Waals surface area contributed by atoms with E-state index in [-0.39, 0.29) is 34.0 Å². The lowest BCUT2D eigenvalue weighted by atomic mass is 10.1. The van der Waals surface area contributed by atoms with Crippen molar-refractivity contribution in [3.8, 4) is 23.6 Å². The molecule has 0 radical (unpaired) electrons. The maximum absolute atomic E-state index is 15.2. The molecule has 2 saturated heterocycles. The molecule has 6 rings (SSSR count). The molecule has 4 aromatic rings. The maximum Gasteiger partial charge on any atom is 0.410 e. The Morgan fingerprint density at radius 1 is 1.23 bits per heavy atom. The van der Waals surface area contributed by atoms with Gasteiger partial charge in [0.25, 0.3) is 0 Å². The van der Waals surface area contributed by atoms with Crippen LogP contribution >= 0.6 is 11.6 Å². The number of nitrogens with zero attached hydrogens (tertiary/aromatic N) is 7. The third-order valence-corrected chi connectivity index (χ3v) is 7.91. The fourth-order valence-corrected chi connectivity index (χ4v) is 5.72. The first-order valence-corrected chi connectivity index (χ1v) is 14.7. The molecule has 1 amide bonds. The summed E-state index contributed by atoms with van der Waals surface area (Å²) in [6.45, 7) is 7.41. The summed E-state index contributed by atoms with van der Waals surface area (Å²) in [5.41, 5.74) is 0.353. The van der Waals surface area contributed by atoms with Crippen molar-refractivity contribution in [3.63, 3.8) is 0 Å². The quantitative estimate of drug-likeness (QED) is 0.292. The molecule has 1 N–H and O–H groups in total. The topological polar surface area (TPSA) is 139 Å². The molecule has 0 spiro atoms. The second kappa shape index (κ2) is 11.6. The van der Waals surface area contributed by atoms with Gasteiger partial charge in [0.2, 0.25) is 11.8 Å². The highest BCUT2D eigenvalue weighted by Crippen LogP contribution is 2.43. The van der Waals surface area contributed by atoms with Gasteiger partial charge >= 0.3 is 6.09 Å². The molecule has 2 fully saturated rings. The lowest BCUT2D eigenvalue weighted by Crippen LogP contribution is -2.50. The van der Waals surface area contributed by atoms with E-state index in [2.05, 4.69) is 15.1 Å². The molecule has 230 valence electrons. The van der Waals surface area contributed by atoms with Crippen LogP contribution in [0.2, 0.25) is 5.02 Å². The van der Waals surface area contributed by atoms with Gasteiger partial charge in [0, 0.05) is 50.4 Å². The van der Waals surface area contributed by atoms with Crippen LogP contribution < -0.4 is 9.64 Å². The van der Waals surface area contributed by atoms with Crippen molar-refractivity contribution in [3.05, 3.63) is 40.9 Å². The summed E-state index contributed by atoms with van der Waals surface area (Å²) in [5, 5.41) is 25.9. The summed E-state index contributed by atoms with van der Waals surface area (Å²) < 4.78 is 34.3. The largest absolute Gasteiger partial charge is 0.492 e. The number of ether oxygens (including phenoxy) is 3. The first-order valence-electron chi connectivity index (χ1n) is 14.3. The molecular formula is C30H31ClFN7O5. The third kappa shape index (κ3) is 5.51. The molecule has 2 aliphatic rings. The number of carbonyl (C=O) groups is 1. The van der Waals surface area contributed by atoms with Crippen LogP contribution in [0.3, 0.4) is 0 Å². The van der Waals surface area contributed by atoms with Crippen molar-refractivity contribution in [1.82, 2.24) is 24.6 Å². The number of amides is 1. The Labute approximate surface area is 257 Å². The van der Waals surface area contributed by atoms with Crippen molar-refractivity contribution < 1.29 is 28.5 Å². The number of carbonyl (C=O) groups excluding carboxylic acids is 1. The second-order valence-corrected chi connectivity index (χ2v) is 12.1. The van der Waals surface area contributed by atoms with Gasteiger partial charge in [0.05, 0.1) is 22.8 Å². The highest BCUT2D eigenvalue weighted by molar-refractivity contribution is 6.33. The van der Waals surface area contributed by atoms with Crippen LogP contribution in [0.4, 0.5) is 14.9 Å². The summed E-state index contributed by atoms with van der Waals surface area (Å²) in [4.78, 5) is 24.7. The van der Waals surface area contributed by atoms with Crippen molar-refractivity contribution in [2.45, 2.75) is 51.9 Å². The first-order chi connectivity index (χ1) is 21.1. The average Bonchev–Trinajstić information content (AvgIpc) is 3.42. The number of aromatic hydroxyl groups is 1. The van der Waals surface area contributed by atoms with Crippen LogP contribution in [0.1, 0.15) is 51.8 Å². The van der Waals surface area contributed by atoms with Gasteiger partial charge in [0.15, 0.2) is 12.0 Å². The minimum atomic E-state index is -0.710. The molecule has 3 aromatic heterocycles. The van der Waals surface area contributed by atoms with Crippen molar-refractivity contribution in [2.24, 2.45) is 0 Å². The molecule has 1 aromatic carbocycles. The predicted molar refractivity (Wildman–Crippen MR) is 160 cm³/mol. The van der Waals surface area contributed by atoms with Gasteiger partial charge in [-0.2, -0.15) is 10.4 Å². The van der Waals surface area contributed by atoms with E-state index in [1.165, 1.54) is 18.5 Å². The van der Waals surface area contributed by atoms with Crippen LogP contribution in [0, 0.1) is 17.1 Å². The summed E-state index contributed by atoms with van der Waals surface area (Å²) >= 11 is 6.42. The average molecular weight is 624 g/mol. The predicted octanol–water partition coefficient (Wildman–Crippen LogP) is 5.90. The number of aromatic nitrogens is 4. The van der Waals surface area contributed by atoms with Crippen molar-refractivity contribution in [1.29, 1.82) is 5.26 Å². The fourth-order valence-electron chi connectivity index (χ4n) is 5.52. The lowest BCUT2D eigenvalue weighted by Gasteiger charge is -2.37. The van der Waals surface area contributed by atoms with Gasteiger partial charge < -0.3 is 29.1 Å². The van der Waals surface area contributed by atoms with E-state index in [4.69, 9.17) is 25.8 Å². The molecule has 0 saturated carbocycles. The number of fused-ring (bicyclic) bond motifs is 2. The zero-order valence-corrected chi connectivity index (χ0v) is 25.3. The number of hydrogen-bond acceptors (Lipinski definition) is 10. The van der Waals surface area contributed by atoms with Crippen LogP contribution in [0.25, 0.3) is 21.8 Å². The molecule has 2 aliphatic heterocycles. The lowest BCUT2D eigenvalue weighted by molar-refractivity contribution is -0.0366. The Morgan fingerprint density at radius 2 is 2.00 bits per heavy atom. The van der Waals surface area contributed by atoms with E-state index in [9.17, 15) is 15.2 Å². The maximum atomic E-state index is 15.2. The summed E-state index contributed by atoms with van der Waals surface area (Å²) in [5.74, 6) is -1.29. The molecule has 0 bridgehead atoms. The van der Waals surface area contributed by atoms with Crippen LogP contribution in [0.15, 0.2) is 24.5 Å². The number of benzene rings is 1. The highest BCUT2D eigenvalue weighted by Gasteiger charge is 2.30. The molecule has 5 heterocycles. The summed E-state index contributed by atoms with van der Waals surface area (Å²) in [6.07, 6.45) is 4.90. The molecule has 14 heteroatoms. The number of nitriles is 1. The van der Waals surface area contributed by atoms with Gasteiger partial charge in [-0.05, 0) is 46.1 Å². The minimum absolute atomic E-state index is 0.0121. The number of pyridine rings is 2. The van der Waals surface area contributed by atoms with Crippen molar-refractivity contribution >= 4 is 45.2 Å². The third-order valence-electron chi connectivity index (χ3n) is 7.56. The van der Waals surface area contributed by atoms with E-state index in [0.29, 0.717) is 54.8 Å². The molecular weight excluding hydrogens is 593 g/mol. The molecule has 1 atom stereocenters. The normalized spacial score (nSPS) is 17.6. The molecule has 1 unspecified atom stereocenters. The number of anilines is 1. The SMILES string of the molecule is CC(C)(C)OC(=O)N1CCN(c2c(C#N)c(O)nc3c(Oc4c(Cl)c(F)cc5c4cnn5C4CCCCO4)nccc23)CC1. The van der Waals surface area contributed by atoms with E-state index < -0.39 is 23.4 Å².